The van der Waals surface area contributed by atoms with Crippen molar-refractivity contribution in [3.8, 4) is 5.75 Å². The number of nitrogens with zero attached hydrogens (tertiary/aromatic N) is 1. The maximum absolute atomic E-state index is 11.8. The van der Waals surface area contributed by atoms with Crippen LogP contribution in [0.2, 0.25) is 0 Å². The summed E-state index contributed by atoms with van der Waals surface area (Å²) < 4.78 is 10.9. The molecule has 0 aliphatic rings. The second-order valence-corrected chi connectivity index (χ2v) is 6.22. The molecule has 0 saturated carbocycles. The van der Waals surface area contributed by atoms with Gasteiger partial charge in [-0.3, -0.25) is 4.90 Å². The maximum Gasteiger partial charge on any atom is 2.00 e. The molecule has 6 heteroatoms. The minimum absolute atomic E-state index is 0. The van der Waals surface area contributed by atoms with Crippen molar-refractivity contribution in [2.75, 3.05) is 26.8 Å². The van der Waals surface area contributed by atoms with Gasteiger partial charge >= 0.3 is 27.0 Å². The molecular formula is C23H30N2O3W. The topological polar surface area (TPSA) is 54.6 Å². The minimum Gasteiger partial charge on any atom is -0.492 e. The molecular weight excluding hydrogens is 536 g/mol. The van der Waals surface area contributed by atoms with E-state index >= 15 is 0 Å². The van der Waals surface area contributed by atoms with E-state index in [0.717, 1.165) is 29.7 Å². The van der Waals surface area contributed by atoms with Crippen molar-refractivity contribution in [1.29, 1.82) is 0 Å². The van der Waals surface area contributed by atoms with Crippen LogP contribution < -0.4 is 4.74 Å². The molecule has 0 radical (unpaired) electrons. The van der Waals surface area contributed by atoms with Crippen LogP contribution in [0.5, 0.6) is 5.75 Å². The summed E-state index contributed by atoms with van der Waals surface area (Å²) in [4.78, 5) is 17.1. The molecule has 0 unspecified atom stereocenters. The fourth-order valence-corrected chi connectivity index (χ4v) is 2.81. The van der Waals surface area contributed by atoms with Crippen LogP contribution in [0.1, 0.15) is 23.0 Å². The summed E-state index contributed by atoms with van der Waals surface area (Å²) in [7, 11) is 2.08. The number of fused-ring (bicyclic) bond motifs is 1. The standard InChI is InChI=1S/C21H24N2O3.2CH3.W/c1-3-25-21(24)20-14-17-13-18(9-10-19(17)22-20)26-12-11-23(2)15-16-7-5-4-6-8-16;;;/h4-10,13-14,22H,3,11-12,15H2,1-2H3;2*1H3;/q;2*-1;+2. The third-order valence-electron chi connectivity index (χ3n) is 4.12. The Morgan fingerprint density at radius 2 is 1.79 bits per heavy atom. The first-order valence-corrected chi connectivity index (χ1v) is 8.81. The molecule has 0 atom stereocenters. The van der Waals surface area contributed by atoms with Crippen LogP contribution in [0, 0.1) is 14.9 Å². The second-order valence-electron chi connectivity index (χ2n) is 6.22. The number of likely N-dealkylation sites (N-methyl/N-ethyl adjacent to an activating group) is 1. The average Bonchev–Trinajstić information content (AvgIpc) is 3.06. The van der Waals surface area contributed by atoms with E-state index in [9.17, 15) is 4.79 Å². The molecule has 0 fully saturated rings. The molecule has 29 heavy (non-hydrogen) atoms. The summed E-state index contributed by atoms with van der Waals surface area (Å²) >= 11 is 0. The molecule has 156 valence electrons. The Morgan fingerprint density at radius 3 is 2.48 bits per heavy atom. The van der Waals surface area contributed by atoms with Crippen molar-refractivity contribution >= 4 is 16.9 Å². The molecule has 5 nitrogen and oxygen atoms in total. The third kappa shape index (κ3) is 7.68. The molecule has 1 aromatic heterocycles. The number of aromatic nitrogens is 1. The summed E-state index contributed by atoms with van der Waals surface area (Å²) in [5.41, 5.74) is 2.64. The Labute approximate surface area is 188 Å². The smallest absolute Gasteiger partial charge is 0.492 e. The third-order valence-corrected chi connectivity index (χ3v) is 4.12. The number of nitrogens with one attached hydrogen (secondary N) is 1. The van der Waals surface area contributed by atoms with Crippen LogP contribution in [-0.4, -0.2) is 42.7 Å². The van der Waals surface area contributed by atoms with Gasteiger partial charge in [0.15, 0.2) is 0 Å². The zero-order valence-electron chi connectivity index (χ0n) is 17.6. The SMILES string of the molecule is CCOC(=O)c1cc2cc(OCCN(C)Cc3ccccc3)ccc2[nH]1.[CH3-].[CH3-].[W+2]. The second kappa shape index (κ2) is 13.2. The summed E-state index contributed by atoms with van der Waals surface area (Å²) in [5, 5.41) is 0.934. The number of carbonyl (C=O) groups is 1. The Morgan fingerprint density at radius 1 is 1.07 bits per heavy atom. The summed E-state index contributed by atoms with van der Waals surface area (Å²) in [6.45, 7) is 4.47. The average molecular weight is 566 g/mol. The first-order valence-electron chi connectivity index (χ1n) is 8.81. The molecule has 0 aliphatic heterocycles. The summed E-state index contributed by atoms with van der Waals surface area (Å²) in [5.74, 6) is 0.453. The van der Waals surface area contributed by atoms with Crippen molar-refractivity contribution in [3.63, 3.8) is 0 Å². The van der Waals surface area contributed by atoms with Gasteiger partial charge < -0.3 is 29.3 Å². The molecule has 0 aliphatic carbocycles. The number of esters is 1. The number of H-pyrrole nitrogens is 1. The molecule has 1 heterocycles. The number of benzene rings is 2. The number of hydrogen-bond donors (Lipinski definition) is 1. The number of aromatic amines is 1. The van der Waals surface area contributed by atoms with Gasteiger partial charge in [0.25, 0.3) is 0 Å². The fraction of sp³-hybridized carbons (Fsp3) is 0.261. The van der Waals surface area contributed by atoms with E-state index in [0.29, 0.717) is 18.9 Å². The Bertz CT molecular complexity index is 865. The molecule has 1 N–H and O–H groups in total. The van der Waals surface area contributed by atoms with Gasteiger partial charge in [0.2, 0.25) is 0 Å². The van der Waals surface area contributed by atoms with Crippen LogP contribution in [0.25, 0.3) is 10.9 Å². The number of carbonyl (C=O) groups excluding carboxylic acids is 1. The van der Waals surface area contributed by atoms with Crippen molar-refractivity contribution in [2.24, 2.45) is 0 Å². The maximum atomic E-state index is 11.8. The van der Waals surface area contributed by atoms with Gasteiger partial charge in [-0.15, -0.1) is 0 Å². The Kier molecular flexibility index (Phi) is 12.2. The van der Waals surface area contributed by atoms with Crippen LogP contribution in [0.4, 0.5) is 0 Å². The normalized spacial score (nSPS) is 9.90. The van der Waals surface area contributed by atoms with Crippen LogP contribution >= 0.6 is 0 Å². The zero-order chi connectivity index (χ0) is 18.4. The van der Waals surface area contributed by atoms with Gasteiger partial charge in [-0.05, 0) is 43.8 Å². The Balaban J connectivity index is 0.00000261. The van der Waals surface area contributed by atoms with E-state index < -0.39 is 0 Å². The number of hydrogen-bond acceptors (Lipinski definition) is 4. The largest absolute Gasteiger partial charge is 2.00 e. The van der Waals surface area contributed by atoms with Crippen LogP contribution in [0.15, 0.2) is 54.6 Å². The molecule has 3 rings (SSSR count). The van der Waals surface area contributed by atoms with E-state index in [1.807, 2.05) is 24.3 Å². The van der Waals surface area contributed by atoms with Crippen LogP contribution in [0.3, 0.4) is 0 Å². The van der Waals surface area contributed by atoms with Gasteiger partial charge in [0.1, 0.15) is 18.1 Å². The fourth-order valence-electron chi connectivity index (χ4n) is 2.81. The van der Waals surface area contributed by atoms with Crippen molar-refractivity contribution in [1.82, 2.24) is 9.88 Å². The van der Waals surface area contributed by atoms with E-state index in [2.05, 4.69) is 41.2 Å². The summed E-state index contributed by atoms with van der Waals surface area (Å²) in [6, 6.07) is 17.9. The van der Waals surface area contributed by atoms with Gasteiger partial charge in [0, 0.05) is 24.0 Å². The molecule has 0 saturated heterocycles. The van der Waals surface area contributed by atoms with Crippen molar-refractivity contribution in [2.45, 2.75) is 13.5 Å². The molecule has 3 aromatic rings. The van der Waals surface area contributed by atoms with Gasteiger partial charge in [-0.2, -0.15) is 0 Å². The van der Waals surface area contributed by atoms with Gasteiger partial charge in [0.05, 0.1) is 6.61 Å². The molecule has 2 aromatic carbocycles. The van der Waals surface area contributed by atoms with Gasteiger partial charge in [-0.25, -0.2) is 4.79 Å². The first kappa shape index (κ1) is 26.9. The predicted octanol–water partition coefficient (Wildman–Crippen LogP) is 4.75. The summed E-state index contributed by atoms with van der Waals surface area (Å²) in [6.07, 6.45) is 0. The quantitative estimate of drug-likeness (QED) is 0.316. The first-order chi connectivity index (χ1) is 12.7. The van der Waals surface area contributed by atoms with E-state index in [-0.39, 0.29) is 41.9 Å². The Hall–Kier alpha value is -2.10. The molecule has 0 spiro atoms. The zero-order valence-corrected chi connectivity index (χ0v) is 20.5. The minimum atomic E-state index is -0.339. The number of ether oxygens (including phenoxy) is 2. The molecule has 0 amide bonds. The van der Waals surface area contributed by atoms with E-state index in [1.54, 1.807) is 13.0 Å². The monoisotopic (exact) mass is 566 g/mol. The molecule has 0 bridgehead atoms. The number of rotatable bonds is 8. The van der Waals surface area contributed by atoms with Crippen molar-refractivity contribution < 1.29 is 35.3 Å². The van der Waals surface area contributed by atoms with Gasteiger partial charge in [-0.1, -0.05) is 30.3 Å². The van der Waals surface area contributed by atoms with Crippen molar-refractivity contribution in [3.05, 3.63) is 80.7 Å². The van der Waals surface area contributed by atoms with E-state index in [1.165, 1.54) is 5.56 Å². The van der Waals surface area contributed by atoms with Crippen LogP contribution in [-0.2, 0) is 32.3 Å². The van der Waals surface area contributed by atoms with E-state index in [4.69, 9.17) is 9.47 Å². The predicted molar refractivity (Wildman–Crippen MR) is 115 cm³/mol.